The first kappa shape index (κ1) is 18.4. The van der Waals surface area contributed by atoms with Crippen molar-refractivity contribution in [2.24, 2.45) is 0 Å². The standard InChI is InChI=1S/C21H22FN3O3/c22-17-8-4-5-9-18(17)23-12-14-24(15-13-23)19(26)21(28)10-11-25(20(21)27)16-6-2-1-3-7-16/h1-9,28H,10-15H2/t21-/m0/s1. The van der Waals surface area contributed by atoms with Crippen LogP contribution in [0.1, 0.15) is 6.42 Å². The molecule has 146 valence electrons. The number of benzene rings is 2. The normalized spacial score (nSPS) is 22.6. The first-order chi connectivity index (χ1) is 13.5. The van der Waals surface area contributed by atoms with Gasteiger partial charge in [-0.3, -0.25) is 9.59 Å². The molecule has 0 aliphatic carbocycles. The molecule has 0 spiro atoms. The molecular formula is C21H22FN3O3. The zero-order chi connectivity index (χ0) is 19.7. The van der Waals surface area contributed by atoms with Crippen molar-refractivity contribution in [3.8, 4) is 0 Å². The molecule has 2 amide bonds. The maximum Gasteiger partial charge on any atom is 0.268 e. The van der Waals surface area contributed by atoms with E-state index in [1.165, 1.54) is 15.9 Å². The van der Waals surface area contributed by atoms with Gasteiger partial charge in [-0.05, 0) is 24.3 Å². The summed E-state index contributed by atoms with van der Waals surface area (Å²) in [6, 6.07) is 15.5. The summed E-state index contributed by atoms with van der Waals surface area (Å²) in [5.41, 5.74) is -0.864. The molecule has 0 bridgehead atoms. The Labute approximate surface area is 162 Å². The van der Waals surface area contributed by atoms with E-state index in [4.69, 9.17) is 0 Å². The average Bonchev–Trinajstić information content (AvgIpc) is 3.04. The largest absolute Gasteiger partial charge is 0.372 e. The van der Waals surface area contributed by atoms with E-state index in [-0.39, 0.29) is 12.2 Å². The van der Waals surface area contributed by atoms with Crippen LogP contribution in [0.3, 0.4) is 0 Å². The van der Waals surface area contributed by atoms with Gasteiger partial charge >= 0.3 is 0 Å². The van der Waals surface area contributed by atoms with Gasteiger partial charge in [-0.1, -0.05) is 30.3 Å². The molecule has 2 aromatic carbocycles. The van der Waals surface area contributed by atoms with E-state index < -0.39 is 17.4 Å². The Kier molecular flexibility index (Phi) is 4.77. The van der Waals surface area contributed by atoms with Gasteiger partial charge in [0, 0.05) is 44.8 Å². The van der Waals surface area contributed by atoms with E-state index in [2.05, 4.69) is 0 Å². The zero-order valence-corrected chi connectivity index (χ0v) is 15.4. The number of carbonyl (C=O) groups is 2. The van der Waals surface area contributed by atoms with Crippen LogP contribution in [0.15, 0.2) is 54.6 Å². The number of halogens is 1. The van der Waals surface area contributed by atoms with Crippen LogP contribution < -0.4 is 9.80 Å². The highest BCUT2D eigenvalue weighted by Gasteiger charge is 2.53. The fourth-order valence-corrected chi connectivity index (χ4v) is 3.88. The Morgan fingerprint density at radius 1 is 0.929 bits per heavy atom. The molecule has 1 N–H and O–H groups in total. The van der Waals surface area contributed by atoms with Crippen LogP contribution in [-0.2, 0) is 9.59 Å². The Bertz CT molecular complexity index is 883. The highest BCUT2D eigenvalue weighted by molar-refractivity contribution is 6.16. The van der Waals surface area contributed by atoms with Gasteiger partial charge in [0.15, 0.2) is 0 Å². The lowest BCUT2D eigenvalue weighted by Gasteiger charge is -2.38. The fraction of sp³-hybridized carbons (Fsp3) is 0.333. The number of hydrogen-bond donors (Lipinski definition) is 1. The number of nitrogens with zero attached hydrogens (tertiary/aromatic N) is 3. The van der Waals surface area contributed by atoms with E-state index >= 15 is 0 Å². The van der Waals surface area contributed by atoms with Crippen molar-refractivity contribution in [1.29, 1.82) is 0 Å². The monoisotopic (exact) mass is 383 g/mol. The molecule has 0 radical (unpaired) electrons. The van der Waals surface area contributed by atoms with Crippen molar-refractivity contribution in [3.05, 3.63) is 60.4 Å². The molecule has 28 heavy (non-hydrogen) atoms. The molecular weight excluding hydrogens is 361 g/mol. The number of carbonyl (C=O) groups excluding carboxylic acids is 2. The van der Waals surface area contributed by atoms with Crippen LogP contribution in [0.4, 0.5) is 15.8 Å². The van der Waals surface area contributed by atoms with Crippen molar-refractivity contribution in [2.45, 2.75) is 12.0 Å². The number of hydrogen-bond acceptors (Lipinski definition) is 4. The van der Waals surface area contributed by atoms with Gasteiger partial charge in [-0.2, -0.15) is 0 Å². The summed E-state index contributed by atoms with van der Waals surface area (Å²) >= 11 is 0. The molecule has 2 fully saturated rings. The van der Waals surface area contributed by atoms with Crippen molar-refractivity contribution in [2.75, 3.05) is 42.5 Å². The van der Waals surface area contributed by atoms with Crippen LogP contribution in [0.2, 0.25) is 0 Å². The predicted octanol–water partition coefficient (Wildman–Crippen LogP) is 1.64. The van der Waals surface area contributed by atoms with Crippen molar-refractivity contribution in [1.82, 2.24) is 4.90 Å². The van der Waals surface area contributed by atoms with Gasteiger partial charge in [0.2, 0.25) is 5.60 Å². The van der Waals surface area contributed by atoms with Crippen molar-refractivity contribution < 1.29 is 19.1 Å². The first-order valence-corrected chi connectivity index (χ1v) is 9.39. The molecule has 7 heteroatoms. The van der Waals surface area contributed by atoms with Crippen LogP contribution in [0, 0.1) is 5.82 Å². The summed E-state index contributed by atoms with van der Waals surface area (Å²) in [6.45, 7) is 1.83. The number of amides is 2. The molecule has 4 rings (SSSR count). The van der Waals surface area contributed by atoms with Gasteiger partial charge in [0.05, 0.1) is 5.69 Å². The van der Waals surface area contributed by atoms with E-state index in [9.17, 15) is 19.1 Å². The molecule has 6 nitrogen and oxygen atoms in total. The lowest BCUT2D eigenvalue weighted by atomic mass is 10.00. The quantitative estimate of drug-likeness (QED) is 0.819. The Hall–Kier alpha value is -2.93. The summed E-state index contributed by atoms with van der Waals surface area (Å²) in [6.07, 6.45) is 0.0626. The summed E-state index contributed by atoms with van der Waals surface area (Å²) in [5, 5.41) is 10.9. The third kappa shape index (κ3) is 3.11. The van der Waals surface area contributed by atoms with Gasteiger partial charge in [0.25, 0.3) is 11.8 Å². The molecule has 2 saturated heterocycles. The SMILES string of the molecule is O=C(N1CCN(c2ccccc2F)CC1)[C@@]1(O)CCN(c2ccccc2)C1=O. The number of piperazine rings is 1. The second-order valence-corrected chi connectivity index (χ2v) is 7.13. The molecule has 2 heterocycles. The van der Waals surface area contributed by atoms with E-state index in [1.54, 1.807) is 30.3 Å². The molecule has 2 aromatic rings. The van der Waals surface area contributed by atoms with Gasteiger partial charge in [-0.15, -0.1) is 0 Å². The number of para-hydroxylation sites is 2. The highest BCUT2D eigenvalue weighted by atomic mass is 19.1. The maximum absolute atomic E-state index is 14.0. The van der Waals surface area contributed by atoms with Gasteiger partial charge in [0.1, 0.15) is 5.82 Å². The summed E-state index contributed by atoms with van der Waals surface area (Å²) in [5.74, 6) is -1.45. The summed E-state index contributed by atoms with van der Waals surface area (Å²) in [4.78, 5) is 30.6. The van der Waals surface area contributed by atoms with Crippen LogP contribution >= 0.6 is 0 Å². The molecule has 2 aliphatic rings. The number of anilines is 2. The third-order valence-corrected chi connectivity index (χ3v) is 5.48. The number of aliphatic hydroxyl groups is 1. The summed E-state index contributed by atoms with van der Waals surface area (Å²) in [7, 11) is 0. The smallest absolute Gasteiger partial charge is 0.268 e. The minimum Gasteiger partial charge on any atom is -0.372 e. The fourth-order valence-electron chi connectivity index (χ4n) is 3.88. The molecule has 1 atom stereocenters. The Balaban J connectivity index is 1.44. The van der Waals surface area contributed by atoms with Crippen LogP contribution in [0.25, 0.3) is 0 Å². The van der Waals surface area contributed by atoms with Crippen LogP contribution in [0.5, 0.6) is 0 Å². The third-order valence-electron chi connectivity index (χ3n) is 5.48. The molecule has 0 saturated carbocycles. The lowest BCUT2D eigenvalue weighted by molar-refractivity contribution is -0.157. The van der Waals surface area contributed by atoms with E-state index in [0.717, 1.165) is 0 Å². The highest BCUT2D eigenvalue weighted by Crippen LogP contribution is 2.30. The lowest BCUT2D eigenvalue weighted by Crippen LogP contribution is -2.58. The molecule has 0 unspecified atom stereocenters. The Morgan fingerprint density at radius 2 is 1.57 bits per heavy atom. The van der Waals surface area contributed by atoms with E-state index in [1.807, 2.05) is 23.1 Å². The first-order valence-electron chi connectivity index (χ1n) is 9.39. The molecule has 0 aromatic heterocycles. The average molecular weight is 383 g/mol. The van der Waals surface area contributed by atoms with Crippen molar-refractivity contribution in [3.63, 3.8) is 0 Å². The number of rotatable bonds is 3. The van der Waals surface area contributed by atoms with Crippen LogP contribution in [-0.4, -0.2) is 60.1 Å². The van der Waals surface area contributed by atoms with Crippen molar-refractivity contribution >= 4 is 23.2 Å². The Morgan fingerprint density at radius 3 is 2.25 bits per heavy atom. The minimum absolute atomic E-state index is 0.0626. The maximum atomic E-state index is 14.0. The molecule has 2 aliphatic heterocycles. The second kappa shape index (κ2) is 7.24. The predicted molar refractivity (Wildman–Crippen MR) is 104 cm³/mol. The minimum atomic E-state index is -2.03. The summed E-state index contributed by atoms with van der Waals surface area (Å²) < 4.78 is 14.0. The topological polar surface area (TPSA) is 64.1 Å². The zero-order valence-electron chi connectivity index (χ0n) is 15.4. The van der Waals surface area contributed by atoms with Gasteiger partial charge < -0.3 is 19.8 Å². The van der Waals surface area contributed by atoms with Gasteiger partial charge in [-0.25, -0.2) is 4.39 Å². The second-order valence-electron chi connectivity index (χ2n) is 7.13. The van der Waals surface area contributed by atoms with E-state index in [0.29, 0.717) is 44.1 Å².